The Morgan fingerprint density at radius 1 is 1.44 bits per heavy atom. The molecule has 98 valence electrons. The minimum absolute atomic E-state index is 0.204. The molecule has 1 aromatic rings. The zero-order valence-electron chi connectivity index (χ0n) is 10.7. The van der Waals surface area contributed by atoms with Crippen LogP contribution in [0.4, 0.5) is 11.5 Å². The maximum Gasteiger partial charge on any atom is 0.307 e. The predicted molar refractivity (Wildman–Crippen MR) is 70.8 cm³/mol. The predicted octanol–water partition coefficient (Wildman–Crippen LogP) is 1.66. The smallest absolute Gasteiger partial charge is 0.307 e. The van der Waals surface area contributed by atoms with Crippen LogP contribution < -0.4 is 10.2 Å². The zero-order chi connectivity index (χ0) is 12.8. The van der Waals surface area contributed by atoms with Crippen LogP contribution in [-0.2, 0) is 9.53 Å². The summed E-state index contributed by atoms with van der Waals surface area (Å²) in [6, 6.07) is 4.02. The number of carbonyl (C=O) groups is 1. The first-order valence-electron chi connectivity index (χ1n) is 6.31. The van der Waals surface area contributed by atoms with Crippen LogP contribution in [0.15, 0.2) is 18.3 Å². The van der Waals surface area contributed by atoms with E-state index < -0.39 is 0 Å². The van der Waals surface area contributed by atoms with Crippen LogP contribution in [0.5, 0.6) is 0 Å². The molecule has 0 radical (unpaired) electrons. The van der Waals surface area contributed by atoms with Crippen LogP contribution in [0, 0.1) is 0 Å². The summed E-state index contributed by atoms with van der Waals surface area (Å²) in [5.41, 5.74) is 0.932. The maximum atomic E-state index is 10.9. The Bertz CT molecular complexity index is 386. The summed E-state index contributed by atoms with van der Waals surface area (Å²) in [6.45, 7) is 2.77. The number of aromatic nitrogens is 1. The standard InChI is InChI=1S/C13H19N3O2/c1-18-13(17)6-7-14-11-4-5-12(15-10-11)16-8-2-3-9-16/h4-5,10,14H,2-3,6-9H2,1H3. The summed E-state index contributed by atoms with van der Waals surface area (Å²) in [5.74, 6) is 0.829. The van der Waals surface area contributed by atoms with E-state index in [1.54, 1.807) is 0 Å². The van der Waals surface area contributed by atoms with Crippen molar-refractivity contribution in [2.24, 2.45) is 0 Å². The molecule has 1 aromatic heterocycles. The lowest BCUT2D eigenvalue weighted by molar-refractivity contribution is -0.140. The molecular formula is C13H19N3O2. The number of rotatable bonds is 5. The SMILES string of the molecule is COC(=O)CCNc1ccc(N2CCCC2)nc1. The second-order valence-electron chi connectivity index (χ2n) is 4.35. The van der Waals surface area contributed by atoms with Crippen LogP contribution in [0.2, 0.25) is 0 Å². The van der Waals surface area contributed by atoms with Gasteiger partial charge < -0.3 is 15.0 Å². The Morgan fingerprint density at radius 3 is 2.83 bits per heavy atom. The van der Waals surface area contributed by atoms with Gasteiger partial charge in [0.15, 0.2) is 0 Å². The fourth-order valence-corrected chi connectivity index (χ4v) is 2.03. The summed E-state index contributed by atoms with van der Waals surface area (Å²) in [7, 11) is 1.40. The number of esters is 1. The van der Waals surface area contributed by atoms with E-state index in [1.165, 1.54) is 20.0 Å². The van der Waals surface area contributed by atoms with E-state index in [0.717, 1.165) is 24.6 Å². The number of hydrogen-bond donors (Lipinski definition) is 1. The summed E-state index contributed by atoms with van der Waals surface area (Å²) >= 11 is 0. The number of nitrogens with one attached hydrogen (secondary N) is 1. The average molecular weight is 249 g/mol. The molecule has 0 spiro atoms. The number of carbonyl (C=O) groups excluding carboxylic acids is 1. The molecule has 1 fully saturated rings. The van der Waals surface area contributed by atoms with Gasteiger partial charge in [-0.3, -0.25) is 4.79 Å². The lowest BCUT2D eigenvalue weighted by Crippen LogP contribution is -2.18. The normalized spacial score (nSPS) is 14.6. The Labute approximate surface area is 107 Å². The van der Waals surface area contributed by atoms with Gasteiger partial charge in [-0.1, -0.05) is 0 Å². The van der Waals surface area contributed by atoms with E-state index in [2.05, 4.69) is 19.9 Å². The van der Waals surface area contributed by atoms with E-state index in [4.69, 9.17) is 0 Å². The minimum Gasteiger partial charge on any atom is -0.469 e. The highest BCUT2D eigenvalue weighted by atomic mass is 16.5. The molecular weight excluding hydrogens is 230 g/mol. The van der Waals surface area contributed by atoms with Crippen molar-refractivity contribution in [2.45, 2.75) is 19.3 Å². The molecule has 0 atom stereocenters. The lowest BCUT2D eigenvalue weighted by Gasteiger charge is -2.16. The van der Waals surface area contributed by atoms with Crippen LogP contribution >= 0.6 is 0 Å². The molecule has 18 heavy (non-hydrogen) atoms. The molecule has 5 nitrogen and oxygen atoms in total. The maximum absolute atomic E-state index is 10.9. The summed E-state index contributed by atoms with van der Waals surface area (Å²) in [6.07, 6.45) is 4.68. The van der Waals surface area contributed by atoms with Gasteiger partial charge >= 0.3 is 5.97 Å². The number of ether oxygens (including phenoxy) is 1. The minimum atomic E-state index is -0.204. The van der Waals surface area contributed by atoms with E-state index in [9.17, 15) is 4.79 Å². The molecule has 1 aliphatic heterocycles. The Balaban J connectivity index is 1.81. The van der Waals surface area contributed by atoms with Crippen LogP contribution in [0.3, 0.4) is 0 Å². The molecule has 0 bridgehead atoms. The topological polar surface area (TPSA) is 54.5 Å². The van der Waals surface area contributed by atoms with Gasteiger partial charge in [0.2, 0.25) is 0 Å². The van der Waals surface area contributed by atoms with Crippen molar-refractivity contribution < 1.29 is 9.53 Å². The van der Waals surface area contributed by atoms with Crippen LogP contribution in [0.25, 0.3) is 0 Å². The molecule has 2 heterocycles. The summed E-state index contributed by atoms with van der Waals surface area (Å²) in [5, 5.41) is 3.15. The van der Waals surface area contributed by atoms with Gasteiger partial charge in [-0.2, -0.15) is 0 Å². The second kappa shape index (κ2) is 6.23. The Hall–Kier alpha value is -1.78. The molecule has 0 aromatic carbocycles. The fraction of sp³-hybridized carbons (Fsp3) is 0.538. The molecule has 0 unspecified atom stereocenters. The first kappa shape index (κ1) is 12.7. The molecule has 0 aliphatic carbocycles. The zero-order valence-corrected chi connectivity index (χ0v) is 10.7. The number of methoxy groups -OCH3 is 1. The van der Waals surface area contributed by atoms with E-state index >= 15 is 0 Å². The van der Waals surface area contributed by atoms with Gasteiger partial charge in [-0.15, -0.1) is 0 Å². The van der Waals surface area contributed by atoms with Crippen LogP contribution in [0.1, 0.15) is 19.3 Å². The third-order valence-corrected chi connectivity index (χ3v) is 3.06. The highest BCUT2D eigenvalue weighted by Crippen LogP contribution is 2.18. The first-order valence-corrected chi connectivity index (χ1v) is 6.31. The third kappa shape index (κ3) is 3.35. The third-order valence-electron chi connectivity index (χ3n) is 3.06. The average Bonchev–Trinajstić information content (AvgIpc) is 2.93. The van der Waals surface area contributed by atoms with E-state index in [0.29, 0.717) is 13.0 Å². The molecule has 0 amide bonds. The van der Waals surface area contributed by atoms with Gasteiger partial charge in [-0.25, -0.2) is 4.98 Å². The molecule has 1 N–H and O–H groups in total. The van der Waals surface area contributed by atoms with Crippen molar-refractivity contribution in [3.8, 4) is 0 Å². The largest absolute Gasteiger partial charge is 0.469 e. The molecule has 5 heteroatoms. The van der Waals surface area contributed by atoms with Crippen molar-refractivity contribution in [1.29, 1.82) is 0 Å². The Kier molecular flexibility index (Phi) is 4.39. The highest BCUT2D eigenvalue weighted by Gasteiger charge is 2.12. The number of pyridine rings is 1. The van der Waals surface area contributed by atoms with Gasteiger partial charge in [-0.05, 0) is 25.0 Å². The van der Waals surface area contributed by atoms with Crippen LogP contribution in [-0.4, -0.2) is 37.7 Å². The van der Waals surface area contributed by atoms with Crippen molar-refractivity contribution in [3.63, 3.8) is 0 Å². The van der Waals surface area contributed by atoms with E-state index in [1.807, 2.05) is 18.3 Å². The highest BCUT2D eigenvalue weighted by molar-refractivity contribution is 5.69. The molecule has 1 saturated heterocycles. The fourth-order valence-electron chi connectivity index (χ4n) is 2.03. The molecule has 2 rings (SSSR count). The number of hydrogen-bond acceptors (Lipinski definition) is 5. The van der Waals surface area contributed by atoms with Crippen molar-refractivity contribution in [1.82, 2.24) is 4.98 Å². The molecule has 1 aliphatic rings. The van der Waals surface area contributed by atoms with E-state index in [-0.39, 0.29) is 5.97 Å². The first-order chi connectivity index (χ1) is 8.79. The monoisotopic (exact) mass is 249 g/mol. The van der Waals surface area contributed by atoms with Gasteiger partial charge in [0.25, 0.3) is 0 Å². The van der Waals surface area contributed by atoms with Crippen molar-refractivity contribution in [3.05, 3.63) is 18.3 Å². The molecule has 0 saturated carbocycles. The second-order valence-corrected chi connectivity index (χ2v) is 4.35. The van der Waals surface area contributed by atoms with Gasteiger partial charge in [0.05, 0.1) is 25.4 Å². The number of nitrogens with zero attached hydrogens (tertiary/aromatic N) is 2. The van der Waals surface area contributed by atoms with Gasteiger partial charge in [0, 0.05) is 19.6 Å². The Morgan fingerprint density at radius 2 is 2.22 bits per heavy atom. The lowest BCUT2D eigenvalue weighted by atomic mass is 10.3. The van der Waals surface area contributed by atoms with Gasteiger partial charge in [0.1, 0.15) is 5.82 Å². The number of anilines is 2. The van der Waals surface area contributed by atoms with Crippen molar-refractivity contribution >= 4 is 17.5 Å². The summed E-state index contributed by atoms with van der Waals surface area (Å²) in [4.78, 5) is 17.7. The van der Waals surface area contributed by atoms with Crippen molar-refractivity contribution in [2.75, 3.05) is 37.0 Å². The summed E-state index contributed by atoms with van der Waals surface area (Å²) < 4.78 is 4.57. The quantitative estimate of drug-likeness (QED) is 0.804.